The maximum Gasteiger partial charge on any atom is 0.417 e. The van der Waals surface area contributed by atoms with Gasteiger partial charge in [0.15, 0.2) is 0 Å². The average molecular weight is 241 g/mol. The van der Waals surface area contributed by atoms with Crippen molar-refractivity contribution in [3.63, 3.8) is 0 Å². The Labute approximate surface area is 98.8 Å². The van der Waals surface area contributed by atoms with Gasteiger partial charge in [0.25, 0.3) is 0 Å². The third kappa shape index (κ3) is 4.12. The highest BCUT2D eigenvalue weighted by Gasteiger charge is 2.32. The Bertz CT molecular complexity index is 426. The molecule has 0 amide bonds. The van der Waals surface area contributed by atoms with Crippen molar-refractivity contribution in [1.29, 1.82) is 0 Å². The van der Waals surface area contributed by atoms with Crippen molar-refractivity contribution < 1.29 is 13.2 Å². The molecule has 0 saturated carbocycles. The van der Waals surface area contributed by atoms with E-state index in [2.05, 4.69) is 11.8 Å². The molecule has 1 rings (SSSR count). The van der Waals surface area contributed by atoms with Crippen LogP contribution in [-0.2, 0) is 6.18 Å². The average Bonchev–Trinajstić information content (AvgIpc) is 2.26. The van der Waals surface area contributed by atoms with Gasteiger partial charge < -0.3 is 5.73 Å². The predicted molar refractivity (Wildman–Crippen MR) is 61.2 cm³/mol. The van der Waals surface area contributed by atoms with Crippen molar-refractivity contribution in [3.05, 3.63) is 35.4 Å². The summed E-state index contributed by atoms with van der Waals surface area (Å²) in [6.45, 7) is 1.95. The van der Waals surface area contributed by atoms with Gasteiger partial charge in [-0.3, -0.25) is 0 Å². The topological polar surface area (TPSA) is 26.0 Å². The zero-order chi connectivity index (χ0) is 12.9. The molecule has 2 N–H and O–H groups in total. The largest absolute Gasteiger partial charge is 0.417 e. The monoisotopic (exact) mass is 241 g/mol. The van der Waals surface area contributed by atoms with E-state index < -0.39 is 11.7 Å². The number of rotatable bonds is 2. The van der Waals surface area contributed by atoms with Gasteiger partial charge in [0.1, 0.15) is 0 Å². The lowest BCUT2D eigenvalue weighted by molar-refractivity contribution is -0.137. The maximum atomic E-state index is 12.6. The summed E-state index contributed by atoms with van der Waals surface area (Å²) in [6.07, 6.45) is -2.84. The van der Waals surface area contributed by atoms with Crippen LogP contribution in [0.5, 0.6) is 0 Å². The van der Waals surface area contributed by atoms with Crippen LogP contribution in [0.15, 0.2) is 24.3 Å². The summed E-state index contributed by atoms with van der Waals surface area (Å²) >= 11 is 0. The lowest BCUT2D eigenvalue weighted by atomic mass is 10.1. The quantitative estimate of drug-likeness (QED) is 0.791. The van der Waals surface area contributed by atoms with Gasteiger partial charge in [-0.25, -0.2) is 0 Å². The maximum absolute atomic E-state index is 12.6. The molecule has 0 bridgehead atoms. The van der Waals surface area contributed by atoms with Crippen molar-refractivity contribution in [2.45, 2.75) is 32.0 Å². The number of nitrogens with two attached hydrogens (primary N) is 1. The molecule has 0 spiro atoms. The summed E-state index contributed by atoms with van der Waals surface area (Å²) in [5.74, 6) is 5.15. The summed E-state index contributed by atoms with van der Waals surface area (Å²) in [4.78, 5) is 0. The van der Waals surface area contributed by atoms with Crippen LogP contribution in [0.3, 0.4) is 0 Å². The van der Waals surface area contributed by atoms with Crippen molar-refractivity contribution in [2.24, 2.45) is 5.73 Å². The first-order valence-corrected chi connectivity index (χ1v) is 5.38. The fourth-order valence-electron chi connectivity index (χ4n) is 1.39. The van der Waals surface area contributed by atoms with E-state index in [0.717, 1.165) is 12.5 Å². The highest BCUT2D eigenvalue weighted by molar-refractivity contribution is 5.43. The Balaban J connectivity index is 2.99. The molecule has 0 heterocycles. The summed E-state index contributed by atoms with van der Waals surface area (Å²) in [5, 5.41) is 0. The Morgan fingerprint density at radius 1 is 1.29 bits per heavy atom. The van der Waals surface area contributed by atoms with Crippen LogP contribution in [0.25, 0.3) is 0 Å². The minimum absolute atomic E-state index is 0.0217. The molecular formula is C13H14F3N. The number of hydrogen-bond acceptors (Lipinski definition) is 1. The zero-order valence-electron chi connectivity index (χ0n) is 9.51. The van der Waals surface area contributed by atoms with E-state index in [-0.39, 0.29) is 11.6 Å². The number of alkyl halides is 3. The second kappa shape index (κ2) is 5.74. The minimum Gasteiger partial charge on any atom is -0.318 e. The van der Waals surface area contributed by atoms with Crippen LogP contribution in [0.1, 0.15) is 30.9 Å². The molecule has 1 aromatic rings. The Morgan fingerprint density at radius 3 is 2.53 bits per heavy atom. The molecule has 92 valence electrons. The molecular weight excluding hydrogens is 227 g/mol. The predicted octanol–water partition coefficient (Wildman–Crippen LogP) is 3.18. The lowest BCUT2D eigenvalue weighted by Crippen LogP contribution is -2.16. The summed E-state index contributed by atoms with van der Waals surface area (Å²) in [7, 11) is 0. The fourth-order valence-corrected chi connectivity index (χ4v) is 1.39. The first-order chi connectivity index (χ1) is 7.95. The summed E-state index contributed by atoms with van der Waals surface area (Å²) in [5.41, 5.74) is 4.90. The van der Waals surface area contributed by atoms with Gasteiger partial charge in [-0.2, -0.15) is 13.2 Å². The number of halogens is 3. The minimum atomic E-state index is -4.37. The van der Waals surface area contributed by atoms with E-state index >= 15 is 0 Å². The molecule has 17 heavy (non-hydrogen) atoms. The first kappa shape index (κ1) is 13.6. The van der Waals surface area contributed by atoms with Crippen LogP contribution in [-0.4, -0.2) is 6.04 Å². The third-order valence-electron chi connectivity index (χ3n) is 2.22. The van der Waals surface area contributed by atoms with Gasteiger partial charge in [-0.05, 0) is 18.6 Å². The molecule has 1 nitrogen and oxygen atoms in total. The Kier molecular flexibility index (Phi) is 4.59. The van der Waals surface area contributed by atoms with Crippen LogP contribution >= 0.6 is 0 Å². The van der Waals surface area contributed by atoms with Gasteiger partial charge >= 0.3 is 6.18 Å². The highest BCUT2D eigenvalue weighted by atomic mass is 19.4. The van der Waals surface area contributed by atoms with Gasteiger partial charge in [0.05, 0.1) is 11.6 Å². The van der Waals surface area contributed by atoms with Crippen LogP contribution in [0.2, 0.25) is 0 Å². The lowest BCUT2D eigenvalue weighted by Gasteiger charge is -2.08. The third-order valence-corrected chi connectivity index (χ3v) is 2.22. The van der Waals surface area contributed by atoms with Crippen LogP contribution in [0.4, 0.5) is 13.2 Å². The normalized spacial score (nSPS) is 12.8. The molecule has 0 aromatic heterocycles. The smallest absolute Gasteiger partial charge is 0.318 e. The van der Waals surface area contributed by atoms with Crippen LogP contribution < -0.4 is 5.73 Å². The van der Waals surface area contributed by atoms with Gasteiger partial charge in [0.2, 0.25) is 0 Å². The van der Waals surface area contributed by atoms with Gasteiger partial charge in [-0.15, -0.1) is 0 Å². The molecule has 0 saturated heterocycles. The molecule has 0 radical (unpaired) electrons. The summed E-state index contributed by atoms with van der Waals surface area (Å²) < 4.78 is 37.9. The van der Waals surface area contributed by atoms with E-state index in [0.29, 0.717) is 6.42 Å². The van der Waals surface area contributed by atoms with Gasteiger partial charge in [0, 0.05) is 5.56 Å². The molecule has 0 aliphatic carbocycles. The molecule has 1 unspecified atom stereocenters. The Morgan fingerprint density at radius 2 is 1.94 bits per heavy atom. The van der Waals surface area contributed by atoms with Gasteiger partial charge in [-0.1, -0.05) is 37.3 Å². The van der Waals surface area contributed by atoms with E-state index in [1.807, 2.05) is 6.92 Å². The molecule has 1 aromatic carbocycles. The standard InChI is InChI=1S/C13H14F3N/c1-2-5-11(17)9-8-10-6-3-4-7-12(10)13(14,15)16/h3-4,6-7,11H,2,5,17H2,1H3. The van der Waals surface area contributed by atoms with Crippen LogP contribution in [0, 0.1) is 11.8 Å². The van der Waals surface area contributed by atoms with E-state index in [1.54, 1.807) is 0 Å². The second-order valence-electron chi connectivity index (χ2n) is 3.71. The number of benzene rings is 1. The molecule has 0 fully saturated rings. The Hall–Kier alpha value is -1.47. The zero-order valence-corrected chi connectivity index (χ0v) is 9.51. The fraction of sp³-hybridized carbons (Fsp3) is 0.385. The number of hydrogen-bond donors (Lipinski definition) is 1. The summed E-state index contributed by atoms with van der Waals surface area (Å²) in [6, 6.07) is 4.88. The molecule has 0 aliphatic rings. The van der Waals surface area contributed by atoms with Crippen molar-refractivity contribution in [1.82, 2.24) is 0 Å². The highest BCUT2D eigenvalue weighted by Crippen LogP contribution is 2.31. The van der Waals surface area contributed by atoms with E-state index in [1.165, 1.54) is 18.2 Å². The SMILES string of the molecule is CCCC(N)C#Cc1ccccc1C(F)(F)F. The molecule has 0 aliphatic heterocycles. The molecule has 1 atom stereocenters. The van der Waals surface area contributed by atoms with E-state index in [9.17, 15) is 13.2 Å². The van der Waals surface area contributed by atoms with Crippen molar-refractivity contribution >= 4 is 0 Å². The first-order valence-electron chi connectivity index (χ1n) is 5.38. The molecule has 4 heteroatoms. The van der Waals surface area contributed by atoms with E-state index in [4.69, 9.17) is 5.73 Å². The second-order valence-corrected chi connectivity index (χ2v) is 3.71. The van der Waals surface area contributed by atoms with Crippen molar-refractivity contribution in [2.75, 3.05) is 0 Å². The van der Waals surface area contributed by atoms with Crippen molar-refractivity contribution in [3.8, 4) is 11.8 Å².